The zero-order valence-electron chi connectivity index (χ0n) is 17.1. The molecule has 2 saturated heterocycles. The molecule has 3 heterocycles. The predicted octanol–water partition coefficient (Wildman–Crippen LogP) is 2.84. The van der Waals surface area contributed by atoms with Gasteiger partial charge in [0.05, 0.1) is 18.2 Å². The van der Waals surface area contributed by atoms with Gasteiger partial charge in [-0.3, -0.25) is 14.7 Å². The number of likely N-dealkylation sites (tertiary alicyclic amines) is 1. The van der Waals surface area contributed by atoms with Crippen molar-refractivity contribution < 1.29 is 14.7 Å². The van der Waals surface area contributed by atoms with Crippen molar-refractivity contribution in [1.82, 2.24) is 15.1 Å². The van der Waals surface area contributed by atoms with Crippen LogP contribution in [0.25, 0.3) is 11.1 Å². The fourth-order valence-corrected chi connectivity index (χ4v) is 4.67. The Labute approximate surface area is 180 Å². The van der Waals surface area contributed by atoms with Crippen molar-refractivity contribution in [1.29, 1.82) is 0 Å². The van der Waals surface area contributed by atoms with Gasteiger partial charge in [-0.2, -0.15) is 5.10 Å². The summed E-state index contributed by atoms with van der Waals surface area (Å²) in [6.07, 6.45) is 5.05. The van der Waals surface area contributed by atoms with E-state index in [0.29, 0.717) is 31.6 Å². The van der Waals surface area contributed by atoms with Gasteiger partial charge >= 0.3 is 0 Å². The number of amides is 2. The van der Waals surface area contributed by atoms with Crippen LogP contribution in [0.3, 0.4) is 0 Å². The second kappa shape index (κ2) is 7.67. The first-order valence-corrected chi connectivity index (χ1v) is 10.5. The van der Waals surface area contributed by atoms with E-state index in [4.69, 9.17) is 0 Å². The van der Waals surface area contributed by atoms with Crippen LogP contribution in [0, 0.1) is 5.41 Å². The zero-order chi connectivity index (χ0) is 21.4. The summed E-state index contributed by atoms with van der Waals surface area (Å²) < 4.78 is 0. The maximum absolute atomic E-state index is 13.4. The Balaban J connectivity index is 1.29. The molecule has 3 aromatic rings. The lowest BCUT2D eigenvalue weighted by atomic mass is 9.85. The van der Waals surface area contributed by atoms with Gasteiger partial charge in [-0.25, -0.2) is 0 Å². The van der Waals surface area contributed by atoms with E-state index in [-0.39, 0.29) is 18.4 Å². The number of hydrogen-bond donors (Lipinski definition) is 2. The first-order valence-electron chi connectivity index (χ1n) is 10.5. The summed E-state index contributed by atoms with van der Waals surface area (Å²) in [5.74, 6) is 0.0477. The van der Waals surface area contributed by atoms with Gasteiger partial charge in [0.15, 0.2) is 0 Å². The molecule has 0 aliphatic carbocycles. The highest BCUT2D eigenvalue weighted by atomic mass is 16.3. The normalized spacial score (nSPS) is 20.7. The van der Waals surface area contributed by atoms with Gasteiger partial charge in [-0.05, 0) is 48.2 Å². The topological polar surface area (TPSA) is 89.5 Å². The van der Waals surface area contributed by atoms with Crippen molar-refractivity contribution in [3.8, 4) is 11.1 Å². The third-order valence-electron chi connectivity index (χ3n) is 6.55. The quantitative estimate of drug-likeness (QED) is 0.684. The first-order chi connectivity index (χ1) is 15.1. The third kappa shape index (κ3) is 3.41. The number of anilines is 1. The average Bonchev–Trinajstić information content (AvgIpc) is 3.56. The van der Waals surface area contributed by atoms with Crippen molar-refractivity contribution in [2.45, 2.75) is 19.4 Å². The Morgan fingerprint density at radius 1 is 1.03 bits per heavy atom. The number of rotatable bonds is 4. The van der Waals surface area contributed by atoms with Crippen molar-refractivity contribution >= 4 is 17.5 Å². The van der Waals surface area contributed by atoms with Gasteiger partial charge in [-0.15, -0.1) is 0 Å². The molecule has 1 spiro atoms. The lowest BCUT2D eigenvalue weighted by Gasteiger charge is -2.24. The molecule has 2 amide bonds. The minimum absolute atomic E-state index is 0.0469. The summed E-state index contributed by atoms with van der Waals surface area (Å²) in [5.41, 5.74) is 3.81. The maximum Gasteiger partial charge on any atom is 0.253 e. The zero-order valence-corrected chi connectivity index (χ0v) is 17.1. The van der Waals surface area contributed by atoms with E-state index in [2.05, 4.69) is 10.2 Å². The number of hydrogen-bond acceptors (Lipinski definition) is 4. The number of carbonyl (C=O) groups is 2. The Bertz CT molecular complexity index is 1090. The molecule has 158 valence electrons. The predicted molar refractivity (Wildman–Crippen MR) is 116 cm³/mol. The fraction of sp³-hybridized carbons (Fsp3) is 0.292. The second-order valence-corrected chi connectivity index (χ2v) is 8.35. The van der Waals surface area contributed by atoms with Crippen LogP contribution in [0.5, 0.6) is 0 Å². The highest BCUT2D eigenvalue weighted by molar-refractivity contribution is 6.02. The number of benzene rings is 2. The minimum atomic E-state index is -0.496. The fourth-order valence-electron chi connectivity index (χ4n) is 4.67. The standard InChI is InChI=1S/C24H24N4O3/c29-15-17-1-3-19(4-2-17)22(30)27-11-9-24(16-27)10-12-28(23(24)31)21-7-5-18(6-8-21)20-13-25-26-14-20/h1-8,13-14,29H,9-12,15-16H2,(H,25,26). The second-order valence-electron chi connectivity index (χ2n) is 8.35. The molecule has 0 radical (unpaired) electrons. The number of aromatic amines is 1. The van der Waals surface area contributed by atoms with E-state index in [0.717, 1.165) is 28.8 Å². The van der Waals surface area contributed by atoms with Crippen LogP contribution >= 0.6 is 0 Å². The highest BCUT2D eigenvalue weighted by Crippen LogP contribution is 2.42. The number of carbonyl (C=O) groups excluding carboxylic acids is 2. The number of nitrogens with one attached hydrogen (secondary N) is 1. The number of aliphatic hydroxyl groups is 1. The first kappa shape index (κ1) is 19.5. The number of aromatic nitrogens is 2. The molecule has 5 rings (SSSR count). The van der Waals surface area contributed by atoms with Crippen molar-refractivity contribution in [2.75, 3.05) is 24.5 Å². The molecule has 7 nitrogen and oxygen atoms in total. The molecule has 2 fully saturated rings. The largest absolute Gasteiger partial charge is 0.392 e. The van der Waals surface area contributed by atoms with Crippen LogP contribution in [-0.2, 0) is 11.4 Å². The van der Waals surface area contributed by atoms with E-state index in [1.807, 2.05) is 35.4 Å². The van der Waals surface area contributed by atoms with Crippen molar-refractivity contribution in [2.24, 2.45) is 5.41 Å². The maximum atomic E-state index is 13.4. The van der Waals surface area contributed by atoms with E-state index in [9.17, 15) is 14.7 Å². The average molecular weight is 416 g/mol. The van der Waals surface area contributed by atoms with Gasteiger partial charge < -0.3 is 14.9 Å². The lowest BCUT2D eigenvalue weighted by Crippen LogP contribution is -2.38. The highest BCUT2D eigenvalue weighted by Gasteiger charge is 2.52. The molecule has 2 aliphatic rings. The lowest BCUT2D eigenvalue weighted by molar-refractivity contribution is -0.124. The van der Waals surface area contributed by atoms with Gasteiger partial charge in [0.25, 0.3) is 5.91 Å². The molecule has 1 aromatic heterocycles. The SMILES string of the molecule is O=C(c1ccc(CO)cc1)N1CCC2(CCN(c3ccc(-c4cn[nH]c4)cc3)C2=O)C1. The Morgan fingerprint density at radius 3 is 2.45 bits per heavy atom. The van der Waals surface area contributed by atoms with Crippen molar-refractivity contribution in [3.63, 3.8) is 0 Å². The molecule has 0 saturated carbocycles. The van der Waals surface area contributed by atoms with E-state index >= 15 is 0 Å². The summed E-state index contributed by atoms with van der Waals surface area (Å²) >= 11 is 0. The Hall–Kier alpha value is -3.45. The molecule has 2 aliphatic heterocycles. The van der Waals surface area contributed by atoms with Crippen LogP contribution in [0.2, 0.25) is 0 Å². The van der Waals surface area contributed by atoms with Gasteiger partial charge in [0.1, 0.15) is 0 Å². The van der Waals surface area contributed by atoms with Crippen LogP contribution in [0.15, 0.2) is 60.9 Å². The Morgan fingerprint density at radius 2 is 1.77 bits per heavy atom. The summed E-state index contributed by atoms with van der Waals surface area (Å²) in [6, 6.07) is 14.9. The third-order valence-corrected chi connectivity index (χ3v) is 6.55. The van der Waals surface area contributed by atoms with E-state index in [1.54, 1.807) is 35.4 Å². The number of H-pyrrole nitrogens is 1. The van der Waals surface area contributed by atoms with Crippen LogP contribution in [0.1, 0.15) is 28.8 Å². The molecule has 7 heteroatoms. The van der Waals surface area contributed by atoms with E-state index < -0.39 is 5.41 Å². The van der Waals surface area contributed by atoms with E-state index in [1.165, 1.54) is 0 Å². The van der Waals surface area contributed by atoms with Gasteiger partial charge in [-0.1, -0.05) is 24.3 Å². The summed E-state index contributed by atoms with van der Waals surface area (Å²) in [7, 11) is 0. The molecule has 2 N–H and O–H groups in total. The van der Waals surface area contributed by atoms with Crippen LogP contribution < -0.4 is 4.90 Å². The molecule has 31 heavy (non-hydrogen) atoms. The summed E-state index contributed by atoms with van der Waals surface area (Å²) in [6.45, 7) is 1.65. The summed E-state index contributed by atoms with van der Waals surface area (Å²) in [5, 5.41) is 16.0. The molecular formula is C24H24N4O3. The molecular weight excluding hydrogens is 392 g/mol. The monoisotopic (exact) mass is 416 g/mol. The molecule has 0 bridgehead atoms. The number of nitrogens with zero attached hydrogens (tertiary/aromatic N) is 3. The Kier molecular flexibility index (Phi) is 4.82. The van der Waals surface area contributed by atoms with Crippen molar-refractivity contribution in [3.05, 3.63) is 72.1 Å². The summed E-state index contributed by atoms with van der Waals surface area (Å²) in [4.78, 5) is 29.9. The molecule has 1 unspecified atom stereocenters. The van der Waals surface area contributed by atoms with Gasteiger partial charge in [0, 0.05) is 42.6 Å². The minimum Gasteiger partial charge on any atom is -0.392 e. The molecule has 2 aromatic carbocycles. The molecule has 1 atom stereocenters. The van der Waals surface area contributed by atoms with Crippen LogP contribution in [0.4, 0.5) is 5.69 Å². The smallest absolute Gasteiger partial charge is 0.253 e. The van der Waals surface area contributed by atoms with Gasteiger partial charge in [0.2, 0.25) is 5.91 Å². The number of aliphatic hydroxyl groups excluding tert-OH is 1. The van der Waals surface area contributed by atoms with Crippen LogP contribution in [-0.4, -0.2) is 51.7 Å².